The molecule has 8 nitrogen and oxygen atoms in total. The first kappa shape index (κ1) is 15.0. The third-order valence-corrected chi connectivity index (χ3v) is 3.58. The van der Waals surface area contributed by atoms with Gasteiger partial charge in [0.25, 0.3) is 20.2 Å². The van der Waals surface area contributed by atoms with Gasteiger partial charge < -0.3 is 11.1 Å². The molecule has 1 aromatic rings. The first-order valence-electron chi connectivity index (χ1n) is 4.26. The smallest absolute Gasteiger partial charge is 0.294 e. The molecule has 0 atom stereocenters. The monoisotopic (exact) mass is 316 g/mol. The van der Waals surface area contributed by atoms with Crippen molar-refractivity contribution in [2.45, 2.75) is 4.90 Å². The molecule has 0 aromatic heterocycles. The lowest BCUT2D eigenvalue weighted by atomic mass is 10.3. The van der Waals surface area contributed by atoms with Gasteiger partial charge in [0.15, 0.2) is 0 Å². The summed E-state index contributed by atoms with van der Waals surface area (Å²) < 4.78 is 60.3. The molecule has 0 aliphatic heterocycles. The third-order valence-electron chi connectivity index (χ3n) is 1.82. The Kier molecular flexibility index (Phi) is 4.08. The Balaban J connectivity index is 3.23. The van der Waals surface area contributed by atoms with Crippen LogP contribution in [-0.2, 0) is 20.2 Å². The van der Waals surface area contributed by atoms with Gasteiger partial charge in [0, 0.05) is 0 Å². The number of nitrogens with one attached hydrogen (secondary N) is 1. The minimum absolute atomic E-state index is 0.133. The van der Waals surface area contributed by atoms with Crippen LogP contribution in [0.15, 0.2) is 17.0 Å². The Morgan fingerprint density at radius 3 is 2.22 bits per heavy atom. The second-order valence-electron chi connectivity index (χ2n) is 3.25. The molecule has 0 fully saturated rings. The number of nitrogens with two attached hydrogens (primary N) is 1. The second kappa shape index (κ2) is 4.90. The fourth-order valence-electron chi connectivity index (χ4n) is 1.07. The maximum atomic E-state index is 10.9. The van der Waals surface area contributed by atoms with Crippen molar-refractivity contribution >= 4 is 43.2 Å². The highest BCUT2D eigenvalue weighted by atomic mass is 35.5. The number of benzene rings is 1. The zero-order chi connectivity index (χ0) is 14.1. The molecule has 1 aromatic carbocycles. The van der Waals surface area contributed by atoms with Crippen molar-refractivity contribution in [1.82, 2.24) is 0 Å². The summed E-state index contributed by atoms with van der Waals surface area (Å²) in [5.74, 6) is -0.888. The molecule has 1 rings (SSSR count). The topological polar surface area (TPSA) is 147 Å². The van der Waals surface area contributed by atoms with Crippen molar-refractivity contribution in [3.05, 3.63) is 17.2 Å². The van der Waals surface area contributed by atoms with Crippen molar-refractivity contribution in [1.29, 1.82) is 0 Å². The number of hydrogen-bond donors (Lipinski definition) is 4. The molecular formula is C7H9ClN2O6S2. The van der Waals surface area contributed by atoms with Gasteiger partial charge >= 0.3 is 0 Å². The molecule has 11 heteroatoms. The van der Waals surface area contributed by atoms with Gasteiger partial charge in [-0.1, -0.05) is 11.6 Å². The number of rotatable bonds is 4. The normalized spacial score (nSPS) is 12.4. The summed E-state index contributed by atoms with van der Waals surface area (Å²) in [6.45, 7) is 0. The van der Waals surface area contributed by atoms with E-state index in [-0.39, 0.29) is 16.4 Å². The maximum absolute atomic E-state index is 10.9. The van der Waals surface area contributed by atoms with Crippen LogP contribution in [0, 0.1) is 0 Å². The Labute approximate surface area is 108 Å². The van der Waals surface area contributed by atoms with E-state index in [1.165, 1.54) is 0 Å². The Morgan fingerprint density at radius 2 is 1.78 bits per heavy atom. The van der Waals surface area contributed by atoms with Gasteiger partial charge in [0.2, 0.25) is 0 Å². The van der Waals surface area contributed by atoms with Gasteiger partial charge in [-0.3, -0.25) is 9.11 Å². The van der Waals surface area contributed by atoms with Gasteiger partial charge in [-0.25, -0.2) is 0 Å². The average Bonchev–Trinajstić information content (AvgIpc) is 2.17. The van der Waals surface area contributed by atoms with Gasteiger partial charge in [0.1, 0.15) is 5.88 Å². The quantitative estimate of drug-likeness (QED) is 0.461. The Morgan fingerprint density at radius 1 is 1.22 bits per heavy atom. The van der Waals surface area contributed by atoms with Crippen LogP contribution in [-0.4, -0.2) is 31.8 Å². The summed E-state index contributed by atoms with van der Waals surface area (Å²) >= 11 is 5.70. The van der Waals surface area contributed by atoms with Crippen LogP contribution in [0.4, 0.5) is 11.4 Å². The van der Waals surface area contributed by atoms with E-state index in [0.717, 1.165) is 12.1 Å². The largest absolute Gasteiger partial charge is 0.397 e. The highest BCUT2D eigenvalue weighted by Crippen LogP contribution is 2.31. The van der Waals surface area contributed by atoms with Gasteiger partial charge in [-0.2, -0.15) is 16.8 Å². The van der Waals surface area contributed by atoms with Crippen LogP contribution >= 0.6 is 11.6 Å². The van der Waals surface area contributed by atoms with E-state index in [1.54, 1.807) is 0 Å². The van der Waals surface area contributed by atoms with Crippen LogP contribution in [0.1, 0.15) is 0 Å². The molecule has 102 valence electrons. The lowest BCUT2D eigenvalue weighted by molar-refractivity contribution is 0.482. The number of hydrogen-bond acceptors (Lipinski definition) is 6. The number of nitrogen functional groups attached to an aromatic ring is 1. The lowest BCUT2D eigenvalue weighted by Crippen LogP contribution is -2.14. The highest BCUT2D eigenvalue weighted by Gasteiger charge is 2.16. The number of anilines is 2. The van der Waals surface area contributed by atoms with Crippen LogP contribution in [0.25, 0.3) is 0 Å². The maximum Gasteiger partial charge on any atom is 0.294 e. The van der Waals surface area contributed by atoms with Gasteiger partial charge in [-0.05, 0) is 12.1 Å². The van der Waals surface area contributed by atoms with Crippen molar-refractivity contribution in [3.63, 3.8) is 0 Å². The Bertz CT molecular complexity index is 669. The Hall–Kier alpha value is -1.07. The van der Waals surface area contributed by atoms with E-state index in [9.17, 15) is 16.8 Å². The highest BCUT2D eigenvalue weighted by molar-refractivity contribution is 7.86. The van der Waals surface area contributed by atoms with Crippen LogP contribution in [0.2, 0.25) is 5.02 Å². The molecule has 0 amide bonds. The summed E-state index contributed by atoms with van der Waals surface area (Å²) in [5, 5.41) is 2.05. The predicted octanol–water partition coefficient (Wildman–Crippen LogP) is 0.426. The molecule has 0 radical (unpaired) electrons. The minimum Gasteiger partial charge on any atom is -0.397 e. The molecule has 0 spiro atoms. The van der Waals surface area contributed by atoms with Crippen LogP contribution in [0.3, 0.4) is 0 Å². The fraction of sp³-hybridized carbons (Fsp3) is 0.143. The van der Waals surface area contributed by atoms with Crippen molar-refractivity contribution in [3.8, 4) is 0 Å². The average molecular weight is 317 g/mol. The van der Waals surface area contributed by atoms with E-state index < -0.39 is 31.0 Å². The molecule has 0 bridgehead atoms. The molecule has 0 saturated carbocycles. The molecular weight excluding hydrogens is 308 g/mol. The lowest BCUT2D eigenvalue weighted by Gasteiger charge is -2.10. The zero-order valence-corrected chi connectivity index (χ0v) is 11.0. The standard InChI is InChI=1S/C7H9ClN2O6S2/c8-7-5(9)1-4(18(14,15)16)2-6(7)10-3-17(11,12)13/h1-2,10H,3,9H2,(H,11,12,13)(H,14,15,16). The second-order valence-corrected chi connectivity index (χ2v) is 6.50. The van der Waals surface area contributed by atoms with Crippen molar-refractivity contribution in [2.24, 2.45) is 0 Å². The molecule has 0 saturated heterocycles. The zero-order valence-electron chi connectivity index (χ0n) is 8.66. The molecule has 18 heavy (non-hydrogen) atoms. The van der Waals surface area contributed by atoms with Crippen LogP contribution in [0.5, 0.6) is 0 Å². The summed E-state index contributed by atoms with van der Waals surface area (Å²) in [6, 6.07) is 1.80. The van der Waals surface area contributed by atoms with E-state index in [4.69, 9.17) is 26.4 Å². The third kappa shape index (κ3) is 3.99. The van der Waals surface area contributed by atoms with Crippen molar-refractivity contribution < 1.29 is 25.9 Å². The molecule has 5 N–H and O–H groups in total. The van der Waals surface area contributed by atoms with Crippen molar-refractivity contribution in [2.75, 3.05) is 16.9 Å². The van der Waals surface area contributed by atoms with E-state index in [2.05, 4.69) is 5.32 Å². The summed E-state index contributed by atoms with van der Waals surface area (Å²) in [6.07, 6.45) is 0. The first-order valence-corrected chi connectivity index (χ1v) is 7.69. The summed E-state index contributed by atoms with van der Waals surface area (Å²) in [4.78, 5) is -0.553. The molecule has 0 unspecified atom stereocenters. The van der Waals surface area contributed by atoms with E-state index in [0.29, 0.717) is 0 Å². The summed E-state index contributed by atoms with van der Waals surface area (Å²) in [7, 11) is -8.83. The summed E-state index contributed by atoms with van der Waals surface area (Å²) in [5.41, 5.74) is 5.07. The molecule has 0 aliphatic rings. The fourth-order valence-corrected chi connectivity index (χ4v) is 2.12. The molecule has 0 aliphatic carbocycles. The minimum atomic E-state index is -4.51. The first-order chi connectivity index (χ1) is 8.00. The van der Waals surface area contributed by atoms with Gasteiger partial charge in [0.05, 0.1) is 21.3 Å². The SMILES string of the molecule is Nc1cc(S(=O)(=O)O)cc(NCS(=O)(=O)O)c1Cl. The van der Waals surface area contributed by atoms with E-state index >= 15 is 0 Å². The predicted molar refractivity (Wildman–Crippen MR) is 65.7 cm³/mol. The number of halogens is 1. The van der Waals surface area contributed by atoms with Gasteiger partial charge in [-0.15, -0.1) is 0 Å². The van der Waals surface area contributed by atoms with Crippen LogP contribution < -0.4 is 11.1 Å². The van der Waals surface area contributed by atoms with E-state index in [1.807, 2.05) is 0 Å². The molecule has 0 heterocycles.